The van der Waals surface area contributed by atoms with E-state index in [1.807, 2.05) is 47.8 Å². The predicted molar refractivity (Wildman–Crippen MR) is 120 cm³/mol. The molecule has 30 heavy (non-hydrogen) atoms. The van der Waals surface area contributed by atoms with E-state index in [1.165, 1.54) is 16.9 Å². The number of hydrogen-bond donors (Lipinski definition) is 1. The molecule has 0 spiro atoms. The smallest absolute Gasteiger partial charge is 0.264 e. The van der Waals surface area contributed by atoms with Crippen LogP contribution in [0, 0.1) is 0 Å². The van der Waals surface area contributed by atoms with Crippen molar-refractivity contribution in [1.29, 1.82) is 0 Å². The topological polar surface area (TPSA) is 69.7 Å². The second-order valence-corrected chi connectivity index (χ2v) is 8.58. The molecule has 7 heteroatoms. The number of benzene rings is 2. The van der Waals surface area contributed by atoms with Crippen molar-refractivity contribution < 1.29 is 19.0 Å². The summed E-state index contributed by atoms with van der Waals surface area (Å²) in [6.45, 7) is 6.38. The van der Waals surface area contributed by atoms with E-state index in [-0.39, 0.29) is 17.9 Å². The van der Waals surface area contributed by atoms with Crippen LogP contribution in [0.1, 0.15) is 26.3 Å². The molecule has 0 fully saturated rings. The van der Waals surface area contributed by atoms with Crippen LogP contribution in [-0.2, 0) is 10.2 Å². The maximum atomic E-state index is 12.2. The lowest BCUT2D eigenvalue weighted by Crippen LogP contribution is -2.20. The molecule has 0 unspecified atom stereocenters. The summed E-state index contributed by atoms with van der Waals surface area (Å²) < 4.78 is 16.2. The summed E-state index contributed by atoms with van der Waals surface area (Å²) >= 11 is 1.35. The van der Waals surface area contributed by atoms with E-state index >= 15 is 0 Å². The van der Waals surface area contributed by atoms with Crippen LogP contribution in [0.3, 0.4) is 0 Å². The van der Waals surface area contributed by atoms with Gasteiger partial charge in [0, 0.05) is 10.9 Å². The van der Waals surface area contributed by atoms with Crippen LogP contribution in [0.25, 0.3) is 11.3 Å². The van der Waals surface area contributed by atoms with E-state index in [2.05, 4.69) is 31.1 Å². The van der Waals surface area contributed by atoms with Crippen molar-refractivity contribution in [3.05, 3.63) is 53.4 Å². The van der Waals surface area contributed by atoms with Gasteiger partial charge in [-0.2, -0.15) is 0 Å². The highest BCUT2D eigenvalue weighted by atomic mass is 32.1. The van der Waals surface area contributed by atoms with E-state index in [0.29, 0.717) is 22.4 Å². The molecule has 0 radical (unpaired) electrons. The van der Waals surface area contributed by atoms with Gasteiger partial charge in [0.1, 0.15) is 5.75 Å². The van der Waals surface area contributed by atoms with Crippen LogP contribution in [0.15, 0.2) is 47.8 Å². The Morgan fingerprint density at radius 2 is 1.73 bits per heavy atom. The molecule has 3 rings (SSSR count). The molecule has 2 aromatic carbocycles. The number of methoxy groups -OCH3 is 2. The third-order valence-corrected chi connectivity index (χ3v) is 5.28. The van der Waals surface area contributed by atoms with Crippen LogP contribution in [0.4, 0.5) is 5.13 Å². The number of thiazole rings is 1. The lowest BCUT2D eigenvalue weighted by atomic mass is 9.87. The monoisotopic (exact) mass is 426 g/mol. The molecule has 1 heterocycles. The summed E-state index contributed by atoms with van der Waals surface area (Å²) in [4.78, 5) is 16.7. The minimum absolute atomic E-state index is 0.0757. The number of ether oxygens (including phenoxy) is 3. The number of carbonyl (C=O) groups is 1. The quantitative estimate of drug-likeness (QED) is 0.566. The number of amides is 1. The lowest BCUT2D eigenvalue weighted by Gasteiger charge is -2.19. The molecule has 0 atom stereocenters. The summed E-state index contributed by atoms with van der Waals surface area (Å²) in [5.41, 5.74) is 2.91. The Bertz CT molecular complexity index is 1010. The van der Waals surface area contributed by atoms with E-state index in [4.69, 9.17) is 14.2 Å². The summed E-state index contributed by atoms with van der Waals surface area (Å²) in [7, 11) is 3.18. The maximum absolute atomic E-state index is 12.2. The van der Waals surface area contributed by atoms with Gasteiger partial charge in [0.25, 0.3) is 5.91 Å². The average molecular weight is 427 g/mol. The van der Waals surface area contributed by atoms with Crippen LogP contribution in [0.2, 0.25) is 0 Å². The molecule has 1 N–H and O–H groups in total. The molecular weight excluding hydrogens is 400 g/mol. The van der Waals surface area contributed by atoms with Crippen LogP contribution in [0.5, 0.6) is 17.2 Å². The third kappa shape index (κ3) is 5.30. The first kappa shape index (κ1) is 21.6. The maximum Gasteiger partial charge on any atom is 0.264 e. The minimum Gasteiger partial charge on any atom is -0.493 e. The average Bonchev–Trinajstić information content (AvgIpc) is 3.19. The van der Waals surface area contributed by atoms with Crippen molar-refractivity contribution >= 4 is 22.4 Å². The Labute approximate surface area is 180 Å². The fraction of sp³-hybridized carbons (Fsp3) is 0.304. The van der Waals surface area contributed by atoms with Crippen LogP contribution >= 0.6 is 11.3 Å². The number of hydrogen-bond acceptors (Lipinski definition) is 6. The minimum atomic E-state index is -0.261. The number of nitrogens with one attached hydrogen (secondary N) is 1. The predicted octanol–water partition coefficient (Wildman–Crippen LogP) is 5.14. The second-order valence-electron chi connectivity index (χ2n) is 7.72. The van der Waals surface area contributed by atoms with Gasteiger partial charge in [0.2, 0.25) is 0 Å². The zero-order valence-corrected chi connectivity index (χ0v) is 18.6. The Kier molecular flexibility index (Phi) is 6.62. The number of nitrogens with zero attached hydrogens (tertiary/aromatic N) is 1. The van der Waals surface area contributed by atoms with Crippen LogP contribution in [-0.4, -0.2) is 31.7 Å². The molecule has 0 aliphatic heterocycles. The van der Waals surface area contributed by atoms with Crippen molar-refractivity contribution in [3.63, 3.8) is 0 Å². The fourth-order valence-corrected chi connectivity index (χ4v) is 3.55. The molecule has 0 saturated heterocycles. The highest BCUT2D eigenvalue weighted by Crippen LogP contribution is 2.33. The molecular formula is C23H26N2O4S. The van der Waals surface area contributed by atoms with Gasteiger partial charge in [-0.15, -0.1) is 11.3 Å². The van der Waals surface area contributed by atoms with Gasteiger partial charge in [-0.25, -0.2) is 4.98 Å². The lowest BCUT2D eigenvalue weighted by molar-refractivity contribution is -0.118. The molecule has 0 aliphatic rings. The van der Waals surface area contributed by atoms with E-state index < -0.39 is 0 Å². The highest BCUT2D eigenvalue weighted by Gasteiger charge is 2.14. The molecule has 3 aromatic rings. The molecule has 0 bridgehead atoms. The van der Waals surface area contributed by atoms with Crippen molar-refractivity contribution in [2.45, 2.75) is 26.2 Å². The Balaban J connectivity index is 1.59. The van der Waals surface area contributed by atoms with Gasteiger partial charge in [-0.3, -0.25) is 10.1 Å². The van der Waals surface area contributed by atoms with Gasteiger partial charge in [-0.1, -0.05) is 32.9 Å². The molecule has 6 nitrogen and oxygen atoms in total. The van der Waals surface area contributed by atoms with Crippen molar-refractivity contribution in [2.24, 2.45) is 0 Å². The summed E-state index contributed by atoms with van der Waals surface area (Å²) in [6, 6.07) is 13.4. The summed E-state index contributed by atoms with van der Waals surface area (Å²) in [5, 5.41) is 5.17. The zero-order valence-electron chi connectivity index (χ0n) is 17.8. The zero-order chi connectivity index (χ0) is 21.7. The number of rotatable bonds is 7. The first-order chi connectivity index (χ1) is 14.3. The third-order valence-electron chi connectivity index (χ3n) is 4.52. The Morgan fingerprint density at radius 1 is 1.03 bits per heavy atom. The van der Waals surface area contributed by atoms with Gasteiger partial charge in [-0.05, 0) is 41.3 Å². The van der Waals surface area contributed by atoms with Gasteiger partial charge in [0.15, 0.2) is 23.2 Å². The number of aromatic nitrogens is 1. The van der Waals surface area contributed by atoms with E-state index in [0.717, 1.165) is 11.3 Å². The second kappa shape index (κ2) is 9.17. The first-order valence-corrected chi connectivity index (χ1v) is 10.4. The molecule has 1 aromatic heterocycles. The highest BCUT2D eigenvalue weighted by molar-refractivity contribution is 7.14. The standard InChI is InChI=1S/C23H26N2O4S/c1-23(2,3)16-7-9-17(10-8-16)29-13-21(26)25-22-24-18(14-30-22)15-6-11-19(27-4)20(12-15)28-5/h6-12,14H,13H2,1-5H3,(H,24,25,26). The molecule has 1 amide bonds. The van der Waals surface area contributed by atoms with Crippen molar-refractivity contribution in [2.75, 3.05) is 26.1 Å². The normalized spacial score (nSPS) is 11.1. The van der Waals surface area contributed by atoms with Crippen LogP contribution < -0.4 is 19.5 Å². The van der Waals surface area contributed by atoms with Gasteiger partial charge in [0.05, 0.1) is 19.9 Å². The fourth-order valence-electron chi connectivity index (χ4n) is 2.81. The van der Waals surface area contributed by atoms with Gasteiger partial charge >= 0.3 is 0 Å². The van der Waals surface area contributed by atoms with E-state index in [9.17, 15) is 4.79 Å². The van der Waals surface area contributed by atoms with Crippen molar-refractivity contribution in [1.82, 2.24) is 4.98 Å². The van der Waals surface area contributed by atoms with Crippen molar-refractivity contribution in [3.8, 4) is 28.5 Å². The Hall–Kier alpha value is -3.06. The SMILES string of the molecule is COc1ccc(-c2csc(NC(=O)COc3ccc(C(C)(C)C)cc3)n2)cc1OC. The Morgan fingerprint density at radius 3 is 2.37 bits per heavy atom. The van der Waals surface area contributed by atoms with Gasteiger partial charge < -0.3 is 14.2 Å². The number of carbonyl (C=O) groups excluding carboxylic acids is 1. The summed E-state index contributed by atoms with van der Waals surface area (Å²) in [5.74, 6) is 1.67. The molecule has 158 valence electrons. The first-order valence-electron chi connectivity index (χ1n) is 9.51. The molecule has 0 saturated carbocycles. The number of anilines is 1. The molecule has 0 aliphatic carbocycles. The largest absolute Gasteiger partial charge is 0.493 e. The van der Waals surface area contributed by atoms with E-state index in [1.54, 1.807) is 14.2 Å². The summed E-state index contributed by atoms with van der Waals surface area (Å²) in [6.07, 6.45) is 0.